The van der Waals surface area contributed by atoms with Gasteiger partial charge in [0.25, 0.3) is 0 Å². The number of nitrogens with zero attached hydrogens (tertiary/aromatic N) is 3. The molecule has 34 heavy (non-hydrogen) atoms. The van der Waals surface area contributed by atoms with E-state index < -0.39 is 5.97 Å². The molecule has 3 aromatic rings. The van der Waals surface area contributed by atoms with Crippen LogP contribution in [0.1, 0.15) is 46.8 Å². The van der Waals surface area contributed by atoms with Gasteiger partial charge in [0.05, 0.1) is 25.8 Å². The SMILES string of the molecule is COc1ccc(C)cc1C(CC(=O)O)Cc1cc(OCCc2ccc3c(n2)NCCC3)n(C)n1. The maximum absolute atomic E-state index is 11.6. The highest BCUT2D eigenvalue weighted by atomic mass is 16.5. The number of carboxylic acids is 1. The van der Waals surface area contributed by atoms with Crippen LogP contribution in [0.2, 0.25) is 0 Å². The van der Waals surface area contributed by atoms with Crippen LogP contribution in [0.25, 0.3) is 0 Å². The lowest BCUT2D eigenvalue weighted by molar-refractivity contribution is -0.137. The number of aliphatic carboxylic acids is 1. The molecule has 0 aliphatic carbocycles. The van der Waals surface area contributed by atoms with Crippen LogP contribution >= 0.6 is 0 Å². The zero-order valence-electron chi connectivity index (χ0n) is 20.0. The topological polar surface area (TPSA) is 98.5 Å². The van der Waals surface area contributed by atoms with E-state index in [0.29, 0.717) is 31.1 Å². The number of benzene rings is 1. The molecule has 0 amide bonds. The summed E-state index contributed by atoms with van der Waals surface area (Å²) in [5, 5.41) is 17.5. The Morgan fingerprint density at radius 1 is 1.24 bits per heavy atom. The third-order valence-electron chi connectivity index (χ3n) is 6.15. The number of aromatic nitrogens is 3. The lowest BCUT2D eigenvalue weighted by Crippen LogP contribution is -2.14. The maximum atomic E-state index is 11.6. The Balaban J connectivity index is 1.43. The number of pyridine rings is 1. The number of carboxylic acid groups (broad SMARTS) is 1. The summed E-state index contributed by atoms with van der Waals surface area (Å²) in [5.41, 5.74) is 4.98. The van der Waals surface area contributed by atoms with E-state index in [1.807, 2.05) is 38.2 Å². The number of anilines is 1. The molecule has 1 unspecified atom stereocenters. The molecule has 0 radical (unpaired) electrons. The van der Waals surface area contributed by atoms with E-state index in [-0.39, 0.29) is 12.3 Å². The van der Waals surface area contributed by atoms with Crippen LogP contribution in [0.4, 0.5) is 5.82 Å². The fraction of sp³-hybridized carbons (Fsp3) is 0.423. The second-order valence-corrected chi connectivity index (χ2v) is 8.78. The highest BCUT2D eigenvalue weighted by Gasteiger charge is 2.22. The second kappa shape index (κ2) is 10.6. The van der Waals surface area contributed by atoms with Crippen molar-refractivity contribution in [3.8, 4) is 11.6 Å². The number of rotatable bonds is 10. The average Bonchev–Trinajstić information content (AvgIpc) is 3.17. The van der Waals surface area contributed by atoms with Gasteiger partial charge in [-0.2, -0.15) is 5.10 Å². The van der Waals surface area contributed by atoms with Gasteiger partial charge in [-0.1, -0.05) is 23.8 Å². The minimum atomic E-state index is -0.854. The molecule has 0 spiro atoms. The van der Waals surface area contributed by atoms with Gasteiger partial charge >= 0.3 is 5.97 Å². The van der Waals surface area contributed by atoms with E-state index in [4.69, 9.17) is 14.5 Å². The Hall–Kier alpha value is -3.55. The lowest BCUT2D eigenvalue weighted by atomic mass is 9.89. The number of aryl methyl sites for hydroxylation is 3. The molecule has 1 aliphatic rings. The van der Waals surface area contributed by atoms with Crippen molar-refractivity contribution in [3.05, 3.63) is 64.5 Å². The molecule has 8 heteroatoms. The summed E-state index contributed by atoms with van der Waals surface area (Å²) >= 11 is 0. The van der Waals surface area contributed by atoms with Crippen LogP contribution in [0, 0.1) is 6.92 Å². The van der Waals surface area contributed by atoms with Gasteiger partial charge < -0.3 is 19.9 Å². The molecule has 0 saturated heterocycles. The van der Waals surface area contributed by atoms with Crippen molar-refractivity contribution in [3.63, 3.8) is 0 Å². The molecule has 1 aromatic carbocycles. The van der Waals surface area contributed by atoms with E-state index >= 15 is 0 Å². The van der Waals surface area contributed by atoms with Crippen molar-refractivity contribution in [2.75, 3.05) is 25.6 Å². The van der Waals surface area contributed by atoms with E-state index in [1.165, 1.54) is 5.56 Å². The van der Waals surface area contributed by atoms with Crippen molar-refractivity contribution >= 4 is 11.8 Å². The Morgan fingerprint density at radius 2 is 2.09 bits per heavy atom. The van der Waals surface area contributed by atoms with Gasteiger partial charge in [-0.3, -0.25) is 4.79 Å². The van der Waals surface area contributed by atoms with Crippen molar-refractivity contribution in [2.45, 2.75) is 44.9 Å². The average molecular weight is 465 g/mol. The van der Waals surface area contributed by atoms with E-state index in [9.17, 15) is 9.90 Å². The van der Waals surface area contributed by atoms with Crippen molar-refractivity contribution < 1.29 is 19.4 Å². The van der Waals surface area contributed by atoms with Gasteiger partial charge in [-0.25, -0.2) is 9.67 Å². The maximum Gasteiger partial charge on any atom is 0.303 e. The van der Waals surface area contributed by atoms with Gasteiger partial charge in [-0.05, 0) is 49.4 Å². The van der Waals surface area contributed by atoms with Crippen LogP contribution in [-0.2, 0) is 31.1 Å². The normalized spacial score (nSPS) is 13.6. The molecule has 1 atom stereocenters. The molecule has 8 nitrogen and oxygen atoms in total. The number of nitrogens with one attached hydrogen (secondary N) is 1. The molecular weight excluding hydrogens is 432 g/mol. The summed E-state index contributed by atoms with van der Waals surface area (Å²) in [6, 6.07) is 11.9. The van der Waals surface area contributed by atoms with Crippen LogP contribution in [0.3, 0.4) is 0 Å². The van der Waals surface area contributed by atoms with E-state index in [1.54, 1.807) is 11.8 Å². The number of hydrogen-bond donors (Lipinski definition) is 2. The fourth-order valence-electron chi connectivity index (χ4n) is 4.44. The predicted octanol–water partition coefficient (Wildman–Crippen LogP) is 3.91. The van der Waals surface area contributed by atoms with Gasteiger partial charge in [0, 0.05) is 37.7 Å². The summed E-state index contributed by atoms with van der Waals surface area (Å²) in [7, 11) is 3.44. The molecule has 0 fully saturated rings. The van der Waals surface area contributed by atoms with Crippen molar-refractivity contribution in [1.29, 1.82) is 0 Å². The first-order valence-corrected chi connectivity index (χ1v) is 11.7. The Bertz CT molecular complexity index is 1160. The second-order valence-electron chi connectivity index (χ2n) is 8.78. The van der Waals surface area contributed by atoms with Crippen LogP contribution < -0.4 is 14.8 Å². The summed E-state index contributed by atoms with van der Waals surface area (Å²) in [6.45, 7) is 3.44. The molecule has 0 bridgehead atoms. The molecule has 1 aliphatic heterocycles. The zero-order valence-corrected chi connectivity index (χ0v) is 20.0. The molecule has 2 N–H and O–H groups in total. The van der Waals surface area contributed by atoms with E-state index in [0.717, 1.165) is 47.7 Å². The number of carbonyl (C=O) groups is 1. The number of methoxy groups -OCH3 is 1. The third-order valence-corrected chi connectivity index (χ3v) is 6.15. The van der Waals surface area contributed by atoms with Gasteiger partial charge in [0.2, 0.25) is 5.88 Å². The largest absolute Gasteiger partial charge is 0.496 e. The monoisotopic (exact) mass is 464 g/mol. The van der Waals surface area contributed by atoms with Crippen LogP contribution in [0.5, 0.6) is 11.6 Å². The quantitative estimate of drug-likeness (QED) is 0.469. The molecule has 0 saturated carbocycles. The zero-order chi connectivity index (χ0) is 24.1. The van der Waals surface area contributed by atoms with Crippen LogP contribution in [-0.4, -0.2) is 46.1 Å². The minimum Gasteiger partial charge on any atom is -0.496 e. The van der Waals surface area contributed by atoms with Gasteiger partial charge in [-0.15, -0.1) is 0 Å². The number of fused-ring (bicyclic) bond motifs is 1. The predicted molar refractivity (Wildman–Crippen MR) is 130 cm³/mol. The molecule has 4 rings (SSSR count). The highest BCUT2D eigenvalue weighted by Crippen LogP contribution is 2.33. The third kappa shape index (κ3) is 5.68. The molecular formula is C26H32N4O4. The Morgan fingerprint density at radius 3 is 2.88 bits per heavy atom. The number of hydrogen-bond acceptors (Lipinski definition) is 6. The molecule has 180 valence electrons. The summed E-state index contributed by atoms with van der Waals surface area (Å²) in [5.74, 6) is 1.21. The number of ether oxygens (including phenoxy) is 2. The van der Waals surface area contributed by atoms with Gasteiger partial charge in [0.1, 0.15) is 11.6 Å². The summed E-state index contributed by atoms with van der Waals surface area (Å²) < 4.78 is 13.2. The van der Waals surface area contributed by atoms with Gasteiger partial charge in [0.15, 0.2) is 0 Å². The smallest absolute Gasteiger partial charge is 0.303 e. The van der Waals surface area contributed by atoms with Crippen molar-refractivity contribution in [2.24, 2.45) is 7.05 Å². The Kier molecular flexibility index (Phi) is 7.35. The molecule has 3 heterocycles. The first kappa shape index (κ1) is 23.6. The highest BCUT2D eigenvalue weighted by molar-refractivity contribution is 5.68. The van der Waals surface area contributed by atoms with Crippen molar-refractivity contribution in [1.82, 2.24) is 14.8 Å². The lowest BCUT2D eigenvalue weighted by Gasteiger charge is -2.18. The Labute approximate surface area is 199 Å². The van der Waals surface area contributed by atoms with Crippen LogP contribution in [0.15, 0.2) is 36.4 Å². The van der Waals surface area contributed by atoms with E-state index in [2.05, 4.69) is 22.5 Å². The fourth-order valence-corrected chi connectivity index (χ4v) is 4.44. The first-order chi connectivity index (χ1) is 16.4. The summed E-state index contributed by atoms with van der Waals surface area (Å²) in [4.78, 5) is 16.3. The standard InChI is InChI=1S/C26H32N4O4/c1-17-6-9-23(33-3)22(13-17)19(15-25(31)32)14-21-16-24(30(2)29-21)34-12-10-20-8-7-18-5-4-11-27-26(18)28-20/h6-9,13,16,19H,4-5,10-12,14-15H2,1-3H3,(H,27,28)(H,31,32). The molecule has 2 aromatic heterocycles. The minimum absolute atomic E-state index is 0.00931. The summed E-state index contributed by atoms with van der Waals surface area (Å²) in [6.07, 6.45) is 3.37. The first-order valence-electron chi connectivity index (χ1n) is 11.7.